The lowest BCUT2D eigenvalue weighted by atomic mass is 10.0. The minimum absolute atomic E-state index is 0.0174. The number of thiazole rings is 1. The molecule has 2 aromatic rings. The van der Waals surface area contributed by atoms with E-state index in [0.29, 0.717) is 31.1 Å². The van der Waals surface area contributed by atoms with Gasteiger partial charge in [-0.05, 0) is 31.4 Å². The number of hydrogen-bond donors (Lipinski definition) is 3. The van der Waals surface area contributed by atoms with Crippen LogP contribution in [0.3, 0.4) is 0 Å². The molecule has 3 amide bonds. The standard InChI is InChI=1S/C18H23N5O2S/c19-17-21-15(12-26-17)6-7-16(24)20-14-8-10-23(11-9-14)18(25)22-13-4-2-1-3-5-13/h1-5,12,14H,6-11H2,(H2,19,21)(H,20,24)(H,22,25). The van der Waals surface area contributed by atoms with Crippen molar-refractivity contribution in [3.8, 4) is 0 Å². The van der Waals surface area contributed by atoms with Crippen molar-refractivity contribution in [3.05, 3.63) is 41.4 Å². The average Bonchev–Trinajstić information content (AvgIpc) is 3.07. The van der Waals surface area contributed by atoms with Gasteiger partial charge in [-0.1, -0.05) is 18.2 Å². The Bertz CT molecular complexity index is 741. The molecular weight excluding hydrogens is 350 g/mol. The van der Waals surface area contributed by atoms with Gasteiger partial charge in [-0.2, -0.15) is 0 Å². The summed E-state index contributed by atoms with van der Waals surface area (Å²) in [6, 6.07) is 9.43. The molecule has 4 N–H and O–H groups in total. The Morgan fingerprint density at radius 3 is 2.62 bits per heavy atom. The van der Waals surface area contributed by atoms with Crippen molar-refractivity contribution in [2.75, 3.05) is 24.1 Å². The molecule has 1 aliphatic heterocycles. The number of rotatable bonds is 5. The number of hydrogen-bond acceptors (Lipinski definition) is 5. The van der Waals surface area contributed by atoms with Crippen LogP contribution in [-0.4, -0.2) is 41.0 Å². The van der Waals surface area contributed by atoms with Crippen LogP contribution in [0.25, 0.3) is 0 Å². The molecule has 0 saturated carbocycles. The molecule has 1 aromatic heterocycles. The van der Waals surface area contributed by atoms with Crippen LogP contribution in [-0.2, 0) is 11.2 Å². The molecule has 138 valence electrons. The average molecular weight is 373 g/mol. The van der Waals surface area contributed by atoms with E-state index in [1.807, 2.05) is 35.7 Å². The van der Waals surface area contributed by atoms with Gasteiger partial charge in [0.05, 0.1) is 5.69 Å². The summed E-state index contributed by atoms with van der Waals surface area (Å²) in [5.41, 5.74) is 7.23. The molecule has 1 fully saturated rings. The molecule has 7 nitrogen and oxygen atoms in total. The van der Waals surface area contributed by atoms with Crippen molar-refractivity contribution in [2.24, 2.45) is 0 Å². The van der Waals surface area contributed by atoms with Gasteiger partial charge in [0.25, 0.3) is 0 Å². The Labute approximate surface area is 156 Å². The SMILES string of the molecule is Nc1nc(CCC(=O)NC2CCN(C(=O)Nc3ccccc3)CC2)cs1. The fourth-order valence-corrected chi connectivity index (χ4v) is 3.53. The third-order valence-electron chi connectivity index (χ3n) is 4.35. The summed E-state index contributed by atoms with van der Waals surface area (Å²) in [7, 11) is 0. The lowest BCUT2D eigenvalue weighted by molar-refractivity contribution is -0.122. The number of nitrogens with one attached hydrogen (secondary N) is 2. The summed E-state index contributed by atoms with van der Waals surface area (Å²) >= 11 is 1.39. The van der Waals surface area contributed by atoms with Crippen molar-refractivity contribution < 1.29 is 9.59 Å². The Balaban J connectivity index is 1.37. The second-order valence-corrected chi connectivity index (χ2v) is 7.19. The molecule has 1 aliphatic rings. The van der Waals surface area contributed by atoms with Gasteiger partial charge in [0.15, 0.2) is 5.13 Å². The van der Waals surface area contributed by atoms with E-state index in [9.17, 15) is 9.59 Å². The third-order valence-corrected chi connectivity index (χ3v) is 5.07. The molecule has 1 saturated heterocycles. The molecule has 2 heterocycles. The van der Waals surface area contributed by atoms with Gasteiger partial charge < -0.3 is 21.3 Å². The number of anilines is 2. The van der Waals surface area contributed by atoms with E-state index in [-0.39, 0.29) is 18.0 Å². The highest BCUT2D eigenvalue weighted by Gasteiger charge is 2.23. The molecule has 0 radical (unpaired) electrons. The molecular formula is C18H23N5O2S. The van der Waals surface area contributed by atoms with E-state index in [2.05, 4.69) is 15.6 Å². The molecule has 0 aliphatic carbocycles. The minimum atomic E-state index is -0.0953. The number of benzene rings is 1. The number of aryl methyl sites for hydroxylation is 1. The zero-order chi connectivity index (χ0) is 18.4. The Morgan fingerprint density at radius 1 is 1.23 bits per heavy atom. The van der Waals surface area contributed by atoms with Crippen LogP contribution in [0.4, 0.5) is 15.6 Å². The Morgan fingerprint density at radius 2 is 1.96 bits per heavy atom. The number of nitrogens with zero attached hydrogens (tertiary/aromatic N) is 2. The number of carbonyl (C=O) groups is 2. The van der Waals surface area contributed by atoms with Crippen LogP contribution < -0.4 is 16.4 Å². The summed E-state index contributed by atoms with van der Waals surface area (Å²) in [6.45, 7) is 1.26. The van der Waals surface area contributed by atoms with Crippen LogP contribution >= 0.6 is 11.3 Å². The lowest BCUT2D eigenvalue weighted by Gasteiger charge is -2.32. The maximum Gasteiger partial charge on any atom is 0.321 e. The molecule has 0 spiro atoms. The summed E-state index contributed by atoms with van der Waals surface area (Å²) in [5.74, 6) is 0.0174. The van der Waals surface area contributed by atoms with Gasteiger partial charge in [0.1, 0.15) is 0 Å². The zero-order valence-electron chi connectivity index (χ0n) is 14.5. The molecule has 0 bridgehead atoms. The second-order valence-electron chi connectivity index (χ2n) is 6.30. The molecule has 3 rings (SSSR count). The topological polar surface area (TPSA) is 100 Å². The van der Waals surface area contributed by atoms with Crippen LogP contribution in [0.15, 0.2) is 35.7 Å². The monoisotopic (exact) mass is 373 g/mol. The number of amides is 3. The first-order chi connectivity index (χ1) is 12.6. The maximum absolute atomic E-state index is 12.3. The van der Waals surface area contributed by atoms with E-state index < -0.39 is 0 Å². The van der Waals surface area contributed by atoms with E-state index in [4.69, 9.17) is 5.73 Å². The van der Waals surface area contributed by atoms with Gasteiger partial charge in [-0.3, -0.25) is 4.79 Å². The van der Waals surface area contributed by atoms with Crippen molar-refractivity contribution >= 4 is 34.1 Å². The fourth-order valence-electron chi connectivity index (χ4n) is 2.93. The van der Waals surface area contributed by atoms with Gasteiger partial charge in [-0.25, -0.2) is 9.78 Å². The summed E-state index contributed by atoms with van der Waals surface area (Å²) in [4.78, 5) is 30.3. The van der Waals surface area contributed by atoms with E-state index in [0.717, 1.165) is 24.2 Å². The summed E-state index contributed by atoms with van der Waals surface area (Å²) in [6.07, 6.45) is 2.52. The van der Waals surface area contributed by atoms with Crippen LogP contribution in [0.1, 0.15) is 25.0 Å². The van der Waals surface area contributed by atoms with E-state index >= 15 is 0 Å². The summed E-state index contributed by atoms with van der Waals surface area (Å²) < 4.78 is 0. The molecule has 0 atom stereocenters. The number of aromatic nitrogens is 1. The number of likely N-dealkylation sites (tertiary alicyclic amines) is 1. The number of para-hydroxylation sites is 1. The van der Waals surface area contributed by atoms with E-state index in [1.54, 1.807) is 4.90 Å². The highest BCUT2D eigenvalue weighted by atomic mass is 32.1. The highest BCUT2D eigenvalue weighted by Crippen LogP contribution is 2.15. The van der Waals surface area contributed by atoms with Crippen molar-refractivity contribution in [1.82, 2.24) is 15.2 Å². The number of piperidine rings is 1. The number of nitrogen functional groups attached to an aromatic ring is 1. The quantitative estimate of drug-likeness (QED) is 0.749. The Hall–Kier alpha value is -2.61. The zero-order valence-corrected chi connectivity index (χ0v) is 15.3. The van der Waals surface area contributed by atoms with Crippen LogP contribution in [0.5, 0.6) is 0 Å². The number of urea groups is 1. The van der Waals surface area contributed by atoms with Gasteiger partial charge in [0.2, 0.25) is 5.91 Å². The minimum Gasteiger partial charge on any atom is -0.375 e. The Kier molecular flexibility index (Phi) is 6.06. The van der Waals surface area contributed by atoms with Crippen molar-refractivity contribution in [3.63, 3.8) is 0 Å². The second kappa shape index (κ2) is 8.66. The smallest absolute Gasteiger partial charge is 0.321 e. The molecule has 0 unspecified atom stereocenters. The molecule has 8 heteroatoms. The summed E-state index contributed by atoms with van der Waals surface area (Å²) in [5, 5.41) is 8.35. The van der Waals surface area contributed by atoms with Gasteiger partial charge in [-0.15, -0.1) is 11.3 Å². The fraction of sp³-hybridized carbons (Fsp3) is 0.389. The van der Waals surface area contributed by atoms with E-state index in [1.165, 1.54) is 11.3 Å². The van der Waals surface area contributed by atoms with Crippen molar-refractivity contribution in [2.45, 2.75) is 31.7 Å². The predicted molar refractivity (Wildman–Crippen MR) is 103 cm³/mol. The van der Waals surface area contributed by atoms with Gasteiger partial charge >= 0.3 is 6.03 Å². The number of carbonyl (C=O) groups excluding carboxylic acids is 2. The lowest BCUT2D eigenvalue weighted by Crippen LogP contribution is -2.47. The third kappa shape index (κ3) is 5.19. The van der Waals surface area contributed by atoms with Crippen molar-refractivity contribution in [1.29, 1.82) is 0 Å². The predicted octanol–water partition coefficient (Wildman–Crippen LogP) is 2.47. The normalized spacial score (nSPS) is 14.8. The van der Waals surface area contributed by atoms with Crippen LogP contribution in [0, 0.1) is 0 Å². The molecule has 26 heavy (non-hydrogen) atoms. The first-order valence-corrected chi connectivity index (χ1v) is 9.58. The highest BCUT2D eigenvalue weighted by molar-refractivity contribution is 7.13. The van der Waals surface area contributed by atoms with Crippen LogP contribution in [0.2, 0.25) is 0 Å². The first kappa shape index (κ1) is 18.2. The first-order valence-electron chi connectivity index (χ1n) is 8.70. The maximum atomic E-state index is 12.3. The number of nitrogens with two attached hydrogens (primary N) is 1. The largest absolute Gasteiger partial charge is 0.375 e. The molecule has 1 aromatic carbocycles. The van der Waals surface area contributed by atoms with Gasteiger partial charge in [0, 0.05) is 36.6 Å².